The normalized spacial score (nSPS) is 12.4. The van der Waals surface area contributed by atoms with Gasteiger partial charge in [0, 0.05) is 11.1 Å². The summed E-state index contributed by atoms with van der Waals surface area (Å²) in [5.74, 6) is -1.77. The maximum Gasteiger partial charge on any atom is 0.449 e. The first-order chi connectivity index (χ1) is 23.0. The SMILES string of the molecule is FC(F)(F)c1ccc(-c2cccc(-c3ccc4cc5cc6cc(-c7cccc(-c8ccc(C(F)(F)F)o8)c7)ccc6cc5cc4c3)c2)o1. The van der Waals surface area contributed by atoms with Crippen molar-refractivity contribution in [2.75, 3.05) is 0 Å². The van der Waals surface area contributed by atoms with Crippen LogP contribution >= 0.6 is 0 Å². The van der Waals surface area contributed by atoms with E-state index in [4.69, 9.17) is 8.83 Å². The number of fused-ring (bicyclic) bond motifs is 3. The lowest BCUT2D eigenvalue weighted by atomic mass is 9.94. The van der Waals surface area contributed by atoms with Crippen LogP contribution in [0.5, 0.6) is 0 Å². The zero-order chi connectivity index (χ0) is 33.2. The van der Waals surface area contributed by atoms with E-state index >= 15 is 0 Å². The summed E-state index contributed by atoms with van der Waals surface area (Å²) < 4.78 is 88.6. The highest BCUT2D eigenvalue weighted by atomic mass is 19.4. The van der Waals surface area contributed by atoms with Crippen LogP contribution in [-0.2, 0) is 12.4 Å². The van der Waals surface area contributed by atoms with Gasteiger partial charge in [-0.05, 0) is 127 Å². The summed E-state index contributed by atoms with van der Waals surface area (Å²) in [5, 5.41) is 6.18. The molecule has 0 radical (unpaired) electrons. The Labute approximate surface area is 269 Å². The fraction of sp³-hybridized carbons (Fsp3) is 0.0500. The summed E-state index contributed by atoms with van der Waals surface area (Å²) in [5.41, 5.74) is 4.64. The van der Waals surface area contributed by atoms with Gasteiger partial charge in [0.2, 0.25) is 11.5 Å². The van der Waals surface area contributed by atoms with Gasteiger partial charge in [0.25, 0.3) is 0 Å². The third-order valence-electron chi connectivity index (χ3n) is 8.48. The van der Waals surface area contributed by atoms with E-state index in [1.165, 1.54) is 12.1 Å². The maximum absolute atomic E-state index is 13.1. The van der Waals surface area contributed by atoms with E-state index in [-0.39, 0.29) is 11.5 Å². The molecule has 0 atom stereocenters. The van der Waals surface area contributed by atoms with Gasteiger partial charge in [0.15, 0.2) is 0 Å². The highest BCUT2D eigenvalue weighted by Gasteiger charge is 2.35. The Kier molecular flexibility index (Phi) is 6.73. The highest BCUT2D eigenvalue weighted by molar-refractivity contribution is 6.06. The van der Waals surface area contributed by atoms with Crippen molar-refractivity contribution < 1.29 is 35.2 Å². The van der Waals surface area contributed by atoms with E-state index in [1.54, 1.807) is 24.3 Å². The molecule has 0 spiro atoms. The zero-order valence-electron chi connectivity index (χ0n) is 24.8. The summed E-state index contributed by atoms with van der Waals surface area (Å²) in [6.45, 7) is 0. The molecule has 0 aliphatic heterocycles. The summed E-state index contributed by atoms with van der Waals surface area (Å²) >= 11 is 0. The molecule has 2 aromatic heterocycles. The Balaban J connectivity index is 1.12. The average molecular weight is 649 g/mol. The van der Waals surface area contributed by atoms with Crippen LogP contribution in [0.3, 0.4) is 0 Å². The van der Waals surface area contributed by atoms with Gasteiger partial charge >= 0.3 is 12.4 Å². The molecule has 0 aliphatic carbocycles. The van der Waals surface area contributed by atoms with Gasteiger partial charge < -0.3 is 8.83 Å². The molecule has 0 saturated heterocycles. The van der Waals surface area contributed by atoms with Crippen molar-refractivity contribution in [3.8, 4) is 44.9 Å². The van der Waals surface area contributed by atoms with E-state index in [0.29, 0.717) is 11.1 Å². The summed E-state index contributed by atoms with van der Waals surface area (Å²) in [6, 6.07) is 39.6. The maximum atomic E-state index is 13.1. The fourth-order valence-corrected chi connectivity index (χ4v) is 6.10. The second kappa shape index (κ2) is 10.9. The van der Waals surface area contributed by atoms with Crippen LogP contribution in [0.2, 0.25) is 0 Å². The van der Waals surface area contributed by atoms with E-state index < -0.39 is 23.9 Å². The number of furan rings is 2. The van der Waals surface area contributed by atoms with E-state index in [2.05, 4.69) is 36.4 Å². The van der Waals surface area contributed by atoms with Gasteiger partial charge in [-0.15, -0.1) is 0 Å². The Hall–Kier alpha value is -5.76. The van der Waals surface area contributed by atoms with Crippen LogP contribution in [0.15, 0.2) is 142 Å². The van der Waals surface area contributed by atoms with Crippen molar-refractivity contribution in [2.45, 2.75) is 12.4 Å². The van der Waals surface area contributed by atoms with Crippen LogP contribution in [0.4, 0.5) is 26.3 Å². The minimum atomic E-state index is -4.55. The van der Waals surface area contributed by atoms with Crippen molar-refractivity contribution in [3.05, 3.63) is 145 Å². The molecular formula is C40H22F6O2. The summed E-state index contributed by atoms with van der Waals surface area (Å²) in [4.78, 5) is 0. The average Bonchev–Trinajstić information content (AvgIpc) is 3.78. The first-order valence-electron chi connectivity index (χ1n) is 14.9. The van der Waals surface area contributed by atoms with Crippen LogP contribution in [0, 0.1) is 0 Å². The lowest BCUT2D eigenvalue weighted by Crippen LogP contribution is -2.01. The third-order valence-corrected chi connectivity index (χ3v) is 8.48. The van der Waals surface area contributed by atoms with Gasteiger partial charge in [-0.1, -0.05) is 60.7 Å². The van der Waals surface area contributed by atoms with Gasteiger partial charge in [0.1, 0.15) is 11.5 Å². The van der Waals surface area contributed by atoms with Crippen molar-refractivity contribution in [1.29, 1.82) is 0 Å². The van der Waals surface area contributed by atoms with Crippen LogP contribution < -0.4 is 0 Å². The van der Waals surface area contributed by atoms with Crippen molar-refractivity contribution in [3.63, 3.8) is 0 Å². The Morgan fingerprint density at radius 3 is 1.06 bits per heavy atom. The predicted octanol–water partition coefficient (Wildman–Crippen LogP) is 13.0. The van der Waals surface area contributed by atoms with Crippen molar-refractivity contribution in [1.82, 2.24) is 0 Å². The zero-order valence-corrected chi connectivity index (χ0v) is 24.8. The molecule has 0 aliphatic rings. The monoisotopic (exact) mass is 648 g/mol. The predicted molar refractivity (Wildman–Crippen MR) is 175 cm³/mol. The molecule has 6 aromatic carbocycles. The lowest BCUT2D eigenvalue weighted by molar-refractivity contribution is -0.153. The van der Waals surface area contributed by atoms with Gasteiger partial charge in [-0.2, -0.15) is 26.3 Å². The molecule has 8 rings (SSSR count). The first-order valence-corrected chi connectivity index (χ1v) is 14.9. The molecule has 2 nitrogen and oxygen atoms in total. The summed E-state index contributed by atoms with van der Waals surface area (Å²) in [6.07, 6.45) is -9.10. The molecule has 48 heavy (non-hydrogen) atoms. The first kappa shape index (κ1) is 29.6. The number of rotatable bonds is 4. The highest BCUT2D eigenvalue weighted by Crippen LogP contribution is 2.38. The van der Waals surface area contributed by atoms with Gasteiger partial charge in [-0.25, -0.2) is 0 Å². The topological polar surface area (TPSA) is 26.3 Å². The number of hydrogen-bond acceptors (Lipinski definition) is 2. The molecule has 8 aromatic rings. The van der Waals surface area contributed by atoms with Gasteiger partial charge in [0.05, 0.1) is 0 Å². The standard InChI is InChI=1S/C40H22F6O2/c41-39(42,43)37-13-11-35(47-37)29-5-1-3-23(15-29)25-7-9-27-19-34-22-32-18-26(8-10-28(32)20-33(34)21-31(27)17-25)24-4-2-6-30(16-24)36-12-14-38(48-36)40(44,45)46/h1-22H. The molecule has 0 bridgehead atoms. The summed E-state index contributed by atoms with van der Waals surface area (Å²) in [7, 11) is 0. The molecule has 2 heterocycles. The van der Waals surface area contributed by atoms with Crippen LogP contribution in [0.1, 0.15) is 11.5 Å². The van der Waals surface area contributed by atoms with Crippen LogP contribution in [0.25, 0.3) is 77.2 Å². The Morgan fingerprint density at radius 1 is 0.312 bits per heavy atom. The second-order valence-corrected chi connectivity index (χ2v) is 11.7. The minimum Gasteiger partial charge on any atom is -0.452 e. The van der Waals surface area contributed by atoms with Crippen molar-refractivity contribution >= 4 is 32.3 Å². The van der Waals surface area contributed by atoms with E-state index in [9.17, 15) is 26.3 Å². The Bertz CT molecular complexity index is 2320. The quantitative estimate of drug-likeness (QED) is 0.140. The second-order valence-electron chi connectivity index (χ2n) is 11.7. The molecular weight excluding hydrogens is 626 g/mol. The molecule has 0 saturated carbocycles. The number of halogens is 6. The van der Waals surface area contributed by atoms with Crippen molar-refractivity contribution in [2.24, 2.45) is 0 Å². The number of hydrogen-bond donors (Lipinski definition) is 0. The number of benzene rings is 6. The lowest BCUT2D eigenvalue weighted by Gasteiger charge is -2.10. The minimum absolute atomic E-state index is 0.149. The van der Waals surface area contributed by atoms with Crippen LogP contribution in [-0.4, -0.2) is 0 Å². The molecule has 0 unspecified atom stereocenters. The molecule has 0 N–H and O–H groups in total. The molecule has 8 heteroatoms. The molecule has 0 fully saturated rings. The largest absolute Gasteiger partial charge is 0.452 e. The molecule has 236 valence electrons. The smallest absolute Gasteiger partial charge is 0.449 e. The Morgan fingerprint density at radius 2 is 0.667 bits per heavy atom. The fourth-order valence-electron chi connectivity index (χ4n) is 6.10. The van der Waals surface area contributed by atoms with Gasteiger partial charge in [-0.3, -0.25) is 0 Å². The molecule has 0 amide bonds. The third kappa shape index (κ3) is 5.49. The van der Waals surface area contributed by atoms with E-state index in [0.717, 1.165) is 66.7 Å². The van der Waals surface area contributed by atoms with E-state index in [1.807, 2.05) is 48.5 Å². The number of alkyl halides is 6.